The van der Waals surface area contributed by atoms with Crippen LogP contribution in [-0.2, 0) is 14.3 Å². The van der Waals surface area contributed by atoms with Crippen LogP contribution in [0.5, 0.6) is 0 Å². The molecule has 2 fully saturated rings. The van der Waals surface area contributed by atoms with E-state index in [0.29, 0.717) is 32.1 Å². The summed E-state index contributed by atoms with van der Waals surface area (Å²) in [6.45, 7) is 1.00. The Bertz CT molecular complexity index is 332. The van der Waals surface area contributed by atoms with Gasteiger partial charge in [0, 0.05) is 13.0 Å². The van der Waals surface area contributed by atoms with Gasteiger partial charge in [0.25, 0.3) is 0 Å². The van der Waals surface area contributed by atoms with Crippen LogP contribution in [-0.4, -0.2) is 36.2 Å². The number of carbonyl (C=O) groups is 2. The van der Waals surface area contributed by atoms with Gasteiger partial charge in [0.15, 0.2) is 0 Å². The van der Waals surface area contributed by atoms with Crippen LogP contribution < -0.4 is 5.32 Å². The molecule has 108 valence electrons. The van der Waals surface area contributed by atoms with Gasteiger partial charge in [-0.3, -0.25) is 9.59 Å². The van der Waals surface area contributed by atoms with Crippen LogP contribution in [0.3, 0.4) is 0 Å². The van der Waals surface area contributed by atoms with Gasteiger partial charge in [-0.15, -0.1) is 0 Å². The Morgan fingerprint density at radius 2 is 1.89 bits per heavy atom. The Morgan fingerprint density at radius 1 is 1.21 bits per heavy atom. The lowest BCUT2D eigenvalue weighted by Gasteiger charge is -2.36. The first-order valence-corrected chi connectivity index (χ1v) is 7.24. The molecule has 0 atom stereocenters. The predicted octanol–water partition coefficient (Wildman–Crippen LogP) is 1.71. The lowest BCUT2D eigenvalue weighted by atomic mass is 9.66. The topological polar surface area (TPSA) is 75.6 Å². The van der Waals surface area contributed by atoms with E-state index in [1.54, 1.807) is 0 Å². The van der Waals surface area contributed by atoms with Crippen molar-refractivity contribution in [3.8, 4) is 0 Å². The molecule has 2 saturated carbocycles. The van der Waals surface area contributed by atoms with Crippen molar-refractivity contribution >= 4 is 11.9 Å². The van der Waals surface area contributed by atoms with E-state index in [2.05, 4.69) is 5.32 Å². The highest BCUT2D eigenvalue weighted by molar-refractivity contribution is 5.85. The maximum atomic E-state index is 11.7. The molecule has 2 aliphatic carbocycles. The molecule has 5 heteroatoms. The van der Waals surface area contributed by atoms with Crippen molar-refractivity contribution in [1.82, 2.24) is 5.32 Å². The van der Waals surface area contributed by atoms with Crippen LogP contribution in [0.15, 0.2) is 0 Å². The predicted molar refractivity (Wildman–Crippen MR) is 69.8 cm³/mol. The van der Waals surface area contributed by atoms with Crippen LogP contribution in [0, 0.1) is 5.41 Å². The molecule has 0 bridgehead atoms. The first-order chi connectivity index (χ1) is 9.12. The van der Waals surface area contributed by atoms with Gasteiger partial charge < -0.3 is 15.2 Å². The highest BCUT2D eigenvalue weighted by Gasteiger charge is 2.45. The molecule has 0 heterocycles. The Labute approximate surface area is 113 Å². The molecule has 2 rings (SSSR count). The van der Waals surface area contributed by atoms with Gasteiger partial charge in [-0.2, -0.15) is 0 Å². The molecule has 0 radical (unpaired) electrons. The molecule has 2 aliphatic rings. The molecular weight excluding hydrogens is 246 g/mol. The third kappa shape index (κ3) is 3.69. The van der Waals surface area contributed by atoms with Gasteiger partial charge in [-0.05, 0) is 25.7 Å². The second-order valence-electron chi connectivity index (χ2n) is 5.74. The second-order valence-corrected chi connectivity index (χ2v) is 5.74. The van der Waals surface area contributed by atoms with Crippen molar-refractivity contribution in [2.24, 2.45) is 5.41 Å². The minimum atomic E-state index is -0.837. The van der Waals surface area contributed by atoms with Gasteiger partial charge in [-0.1, -0.05) is 19.3 Å². The fraction of sp³-hybridized carbons (Fsp3) is 0.857. The minimum Gasteiger partial charge on any atom is -0.481 e. The standard InChI is InChI=1S/C14H23NO4/c16-12(10-14(13(17)18)6-3-7-14)15-8-9-19-11-4-1-2-5-11/h11H,1-10H2,(H,15,16)(H,17,18). The number of carbonyl (C=O) groups excluding carboxylic acids is 1. The number of rotatable bonds is 7. The van der Waals surface area contributed by atoms with Crippen molar-refractivity contribution in [3.63, 3.8) is 0 Å². The Morgan fingerprint density at radius 3 is 2.42 bits per heavy atom. The molecule has 1 amide bonds. The second kappa shape index (κ2) is 6.37. The van der Waals surface area contributed by atoms with E-state index >= 15 is 0 Å². The highest BCUT2D eigenvalue weighted by Crippen LogP contribution is 2.44. The minimum absolute atomic E-state index is 0.103. The summed E-state index contributed by atoms with van der Waals surface area (Å²) in [5.41, 5.74) is -0.795. The fourth-order valence-electron chi connectivity index (χ4n) is 2.91. The number of carboxylic acids is 1. The van der Waals surface area contributed by atoms with Crippen molar-refractivity contribution < 1.29 is 19.4 Å². The van der Waals surface area contributed by atoms with Crippen molar-refractivity contribution in [2.75, 3.05) is 13.2 Å². The van der Waals surface area contributed by atoms with E-state index < -0.39 is 11.4 Å². The average Bonchev–Trinajstić information content (AvgIpc) is 2.82. The molecule has 0 aromatic rings. The van der Waals surface area contributed by atoms with Gasteiger partial charge >= 0.3 is 5.97 Å². The quantitative estimate of drug-likeness (QED) is 0.690. The van der Waals surface area contributed by atoms with Crippen molar-refractivity contribution in [2.45, 2.75) is 57.5 Å². The third-order valence-corrected chi connectivity index (χ3v) is 4.34. The summed E-state index contributed by atoms with van der Waals surface area (Å²) >= 11 is 0. The highest BCUT2D eigenvalue weighted by atomic mass is 16.5. The summed E-state index contributed by atoms with van der Waals surface area (Å²) in [6.07, 6.45) is 7.32. The first kappa shape index (κ1) is 14.3. The van der Waals surface area contributed by atoms with Crippen LogP contribution in [0.25, 0.3) is 0 Å². The molecule has 0 saturated heterocycles. The molecule has 0 aromatic carbocycles. The van der Waals surface area contributed by atoms with E-state index in [1.165, 1.54) is 12.8 Å². The lowest BCUT2D eigenvalue weighted by molar-refractivity contribution is -0.157. The van der Waals surface area contributed by atoms with Crippen molar-refractivity contribution in [1.29, 1.82) is 0 Å². The normalized spacial score (nSPS) is 21.9. The molecular formula is C14H23NO4. The average molecular weight is 269 g/mol. The fourth-order valence-corrected chi connectivity index (χ4v) is 2.91. The summed E-state index contributed by atoms with van der Waals surface area (Å²) < 4.78 is 5.64. The number of aliphatic carboxylic acids is 1. The van der Waals surface area contributed by atoms with Crippen molar-refractivity contribution in [3.05, 3.63) is 0 Å². The molecule has 19 heavy (non-hydrogen) atoms. The van der Waals surface area contributed by atoms with Crippen LogP contribution in [0.2, 0.25) is 0 Å². The largest absolute Gasteiger partial charge is 0.481 e. The number of carboxylic acid groups (broad SMARTS) is 1. The monoisotopic (exact) mass is 269 g/mol. The zero-order valence-electron chi connectivity index (χ0n) is 11.3. The maximum Gasteiger partial charge on any atom is 0.310 e. The summed E-state index contributed by atoms with van der Waals surface area (Å²) in [4.78, 5) is 22.9. The summed E-state index contributed by atoms with van der Waals surface area (Å²) in [5, 5.41) is 11.9. The molecule has 0 spiro atoms. The number of hydrogen-bond acceptors (Lipinski definition) is 3. The van der Waals surface area contributed by atoms with E-state index in [1.807, 2.05) is 0 Å². The van der Waals surface area contributed by atoms with Gasteiger partial charge in [0.1, 0.15) is 0 Å². The van der Waals surface area contributed by atoms with E-state index in [9.17, 15) is 9.59 Å². The smallest absolute Gasteiger partial charge is 0.310 e. The van der Waals surface area contributed by atoms with Gasteiger partial charge in [0.2, 0.25) is 5.91 Å². The first-order valence-electron chi connectivity index (χ1n) is 7.24. The molecule has 5 nitrogen and oxygen atoms in total. The van der Waals surface area contributed by atoms with E-state index in [-0.39, 0.29) is 12.3 Å². The zero-order valence-corrected chi connectivity index (χ0v) is 11.3. The maximum absolute atomic E-state index is 11.7. The number of amides is 1. The third-order valence-electron chi connectivity index (χ3n) is 4.34. The summed E-state index contributed by atoms with van der Waals surface area (Å²) in [7, 11) is 0. The van der Waals surface area contributed by atoms with Gasteiger partial charge in [0.05, 0.1) is 18.1 Å². The Balaban J connectivity index is 1.60. The van der Waals surface area contributed by atoms with E-state index in [4.69, 9.17) is 9.84 Å². The zero-order chi connectivity index (χ0) is 13.7. The lowest BCUT2D eigenvalue weighted by Crippen LogP contribution is -2.43. The molecule has 0 unspecified atom stereocenters. The van der Waals surface area contributed by atoms with Gasteiger partial charge in [-0.25, -0.2) is 0 Å². The summed E-state index contributed by atoms with van der Waals surface area (Å²) in [5.74, 6) is -1.01. The number of ether oxygens (including phenoxy) is 1. The van der Waals surface area contributed by atoms with Crippen LogP contribution >= 0.6 is 0 Å². The molecule has 2 N–H and O–H groups in total. The summed E-state index contributed by atoms with van der Waals surface area (Å²) in [6, 6.07) is 0. The number of hydrogen-bond donors (Lipinski definition) is 2. The van der Waals surface area contributed by atoms with Crippen LogP contribution in [0.4, 0.5) is 0 Å². The Kier molecular flexibility index (Phi) is 4.80. The van der Waals surface area contributed by atoms with Crippen LogP contribution in [0.1, 0.15) is 51.4 Å². The number of nitrogens with one attached hydrogen (secondary N) is 1. The van der Waals surface area contributed by atoms with E-state index in [0.717, 1.165) is 19.3 Å². The SMILES string of the molecule is O=C(CC1(C(=O)O)CCC1)NCCOC1CCCC1. The molecule has 0 aliphatic heterocycles. The Hall–Kier alpha value is -1.10. The molecule has 0 aromatic heterocycles.